The van der Waals surface area contributed by atoms with Gasteiger partial charge in [0.05, 0.1) is 15.6 Å². The second-order valence-corrected chi connectivity index (χ2v) is 10.4. The summed E-state index contributed by atoms with van der Waals surface area (Å²) in [5.41, 5.74) is 0.687. The van der Waals surface area contributed by atoms with E-state index < -0.39 is 21.7 Å². The summed E-state index contributed by atoms with van der Waals surface area (Å²) in [5, 5.41) is 0.917. The number of thiazole rings is 1. The number of halogens is 2. The number of sulfonamides is 1. The lowest BCUT2D eigenvalue weighted by Gasteiger charge is -2.33. The molecule has 6 nitrogen and oxygen atoms in total. The van der Waals surface area contributed by atoms with Crippen LogP contribution in [0.4, 0.5) is 8.78 Å². The molecular weight excluding hydrogens is 420 g/mol. The summed E-state index contributed by atoms with van der Waals surface area (Å²) in [7, 11) is -3.95. The van der Waals surface area contributed by atoms with Crippen molar-refractivity contribution in [3.63, 3.8) is 0 Å². The molecule has 1 fully saturated rings. The van der Waals surface area contributed by atoms with Crippen LogP contribution in [0.3, 0.4) is 0 Å². The van der Waals surface area contributed by atoms with Crippen LogP contribution in [-0.2, 0) is 16.4 Å². The number of benzene rings is 1. The van der Waals surface area contributed by atoms with E-state index in [1.165, 1.54) is 15.6 Å². The molecule has 10 heteroatoms. The van der Waals surface area contributed by atoms with E-state index in [-0.39, 0.29) is 37.0 Å². The molecule has 0 N–H and O–H groups in total. The summed E-state index contributed by atoms with van der Waals surface area (Å²) in [6, 6.07) is 2.52. The summed E-state index contributed by atoms with van der Waals surface area (Å²) < 4.78 is 53.1. The van der Waals surface area contributed by atoms with Crippen LogP contribution in [0.15, 0.2) is 23.1 Å². The van der Waals surface area contributed by atoms with Crippen molar-refractivity contribution < 1.29 is 22.0 Å². The van der Waals surface area contributed by atoms with Crippen molar-refractivity contribution in [1.29, 1.82) is 0 Å². The molecule has 2 aromatic rings. The van der Waals surface area contributed by atoms with Gasteiger partial charge in [-0.15, -0.1) is 11.3 Å². The van der Waals surface area contributed by atoms with Crippen molar-refractivity contribution in [2.45, 2.75) is 32.1 Å². The number of nitrogens with zero attached hydrogens (tertiary/aromatic N) is 3. The topological polar surface area (TPSA) is 70.6 Å². The fourth-order valence-corrected chi connectivity index (χ4v) is 5.83. The molecule has 0 aliphatic carbocycles. The molecule has 1 aliphatic rings. The summed E-state index contributed by atoms with van der Waals surface area (Å²) >= 11 is 1.38. The van der Waals surface area contributed by atoms with E-state index >= 15 is 0 Å². The quantitative estimate of drug-likeness (QED) is 0.712. The van der Waals surface area contributed by atoms with Gasteiger partial charge in [0, 0.05) is 32.6 Å². The number of carbonyl (C=O) groups excluding carboxylic acids is 1. The third-order valence-corrected chi connectivity index (χ3v) is 7.74. The number of carbonyl (C=O) groups is 1. The highest BCUT2D eigenvalue weighted by molar-refractivity contribution is 7.89. The first-order valence-corrected chi connectivity index (χ1v) is 11.6. The summed E-state index contributed by atoms with van der Waals surface area (Å²) in [5.74, 6) is -2.03. The second kappa shape index (κ2) is 8.45. The Morgan fingerprint density at radius 2 is 1.83 bits per heavy atom. The Balaban J connectivity index is 1.69. The number of aromatic nitrogens is 1. The molecule has 1 aliphatic heterocycles. The number of rotatable bonds is 5. The Morgan fingerprint density at radius 1 is 1.17 bits per heavy atom. The van der Waals surface area contributed by atoms with Gasteiger partial charge in [0.25, 0.3) is 5.91 Å². The lowest BCUT2D eigenvalue weighted by atomic mass is 10.1. The molecule has 0 saturated carbocycles. The Bertz CT molecular complexity index is 1010. The zero-order valence-corrected chi connectivity index (χ0v) is 18.1. The zero-order valence-electron chi connectivity index (χ0n) is 16.5. The van der Waals surface area contributed by atoms with Crippen molar-refractivity contribution in [2.24, 2.45) is 5.92 Å². The van der Waals surface area contributed by atoms with Crippen molar-refractivity contribution >= 4 is 27.3 Å². The van der Waals surface area contributed by atoms with Crippen molar-refractivity contribution in [1.82, 2.24) is 14.2 Å². The van der Waals surface area contributed by atoms with Crippen molar-refractivity contribution in [2.75, 3.05) is 26.2 Å². The van der Waals surface area contributed by atoms with Crippen LogP contribution >= 0.6 is 11.3 Å². The number of aryl methyl sites for hydroxylation is 1. The van der Waals surface area contributed by atoms with E-state index in [4.69, 9.17) is 0 Å². The van der Waals surface area contributed by atoms with Crippen LogP contribution in [0.2, 0.25) is 0 Å². The molecule has 0 bridgehead atoms. The minimum Gasteiger partial charge on any atom is -0.335 e. The van der Waals surface area contributed by atoms with Crippen LogP contribution in [0.25, 0.3) is 0 Å². The Kier molecular flexibility index (Phi) is 6.35. The van der Waals surface area contributed by atoms with E-state index in [2.05, 4.69) is 18.8 Å². The minimum atomic E-state index is -3.95. The molecular formula is C19H23F2N3O3S2. The third-order valence-electron chi connectivity index (χ3n) is 4.67. The average molecular weight is 444 g/mol. The maximum absolute atomic E-state index is 13.4. The van der Waals surface area contributed by atoms with Gasteiger partial charge in [-0.05, 0) is 31.0 Å². The molecule has 1 saturated heterocycles. The molecule has 2 heterocycles. The predicted octanol–water partition coefficient (Wildman–Crippen LogP) is 3.07. The maximum atomic E-state index is 13.4. The Hall–Kier alpha value is -1.91. The first kappa shape index (κ1) is 21.8. The summed E-state index contributed by atoms with van der Waals surface area (Å²) in [6.07, 6.45) is 0.805. The number of hydrogen-bond acceptors (Lipinski definition) is 5. The molecule has 29 heavy (non-hydrogen) atoms. The van der Waals surface area contributed by atoms with E-state index in [9.17, 15) is 22.0 Å². The van der Waals surface area contributed by atoms with Crippen LogP contribution in [0.1, 0.15) is 34.2 Å². The number of piperazine rings is 1. The van der Waals surface area contributed by atoms with E-state index in [0.29, 0.717) is 22.6 Å². The van der Waals surface area contributed by atoms with E-state index in [1.807, 2.05) is 0 Å². The van der Waals surface area contributed by atoms with Crippen LogP contribution in [0.5, 0.6) is 0 Å². The number of amides is 1. The van der Waals surface area contributed by atoms with Crippen LogP contribution in [0, 0.1) is 24.5 Å². The highest BCUT2D eigenvalue weighted by atomic mass is 32.2. The van der Waals surface area contributed by atoms with Crippen LogP contribution in [-0.4, -0.2) is 54.7 Å². The monoisotopic (exact) mass is 443 g/mol. The van der Waals surface area contributed by atoms with Gasteiger partial charge in [0.15, 0.2) is 11.6 Å². The standard InChI is InChI=1S/C19H23F2N3O3S2/c1-12(2)10-17-22-13(3)18(28-17)19(25)23-6-8-24(9-7-23)29(26,27)14-4-5-15(20)16(21)11-14/h4-5,11-12H,6-10H2,1-3H3. The third kappa shape index (κ3) is 4.65. The SMILES string of the molecule is Cc1nc(CC(C)C)sc1C(=O)N1CCN(S(=O)(=O)c2ccc(F)c(F)c2)CC1. The van der Waals surface area contributed by atoms with Crippen LogP contribution < -0.4 is 0 Å². The Morgan fingerprint density at radius 3 is 2.41 bits per heavy atom. The van der Waals surface area contributed by atoms with Gasteiger partial charge in [0.1, 0.15) is 4.88 Å². The first-order valence-electron chi connectivity index (χ1n) is 9.30. The molecule has 0 atom stereocenters. The van der Waals surface area contributed by atoms with Gasteiger partial charge < -0.3 is 4.90 Å². The fraction of sp³-hybridized carbons (Fsp3) is 0.474. The molecule has 0 radical (unpaired) electrons. The molecule has 0 unspecified atom stereocenters. The van der Waals surface area contributed by atoms with E-state index in [1.54, 1.807) is 11.8 Å². The van der Waals surface area contributed by atoms with Gasteiger partial charge >= 0.3 is 0 Å². The molecule has 0 spiro atoms. The summed E-state index contributed by atoms with van der Waals surface area (Å²) in [4.78, 5) is 19.2. The smallest absolute Gasteiger partial charge is 0.265 e. The van der Waals surface area contributed by atoms with Crippen molar-refractivity contribution in [3.8, 4) is 0 Å². The Labute approximate surface area is 173 Å². The van der Waals surface area contributed by atoms with Crippen molar-refractivity contribution in [3.05, 3.63) is 45.4 Å². The van der Waals surface area contributed by atoms with Gasteiger partial charge in [-0.2, -0.15) is 4.31 Å². The normalized spacial score (nSPS) is 15.9. The average Bonchev–Trinajstić information content (AvgIpc) is 3.02. The van der Waals surface area contributed by atoms with Gasteiger partial charge in [-0.3, -0.25) is 4.79 Å². The lowest BCUT2D eigenvalue weighted by Crippen LogP contribution is -2.50. The molecule has 1 aromatic carbocycles. The maximum Gasteiger partial charge on any atom is 0.265 e. The minimum absolute atomic E-state index is 0.0871. The van der Waals surface area contributed by atoms with Gasteiger partial charge in [-0.25, -0.2) is 22.2 Å². The zero-order chi connectivity index (χ0) is 21.3. The number of hydrogen-bond donors (Lipinski definition) is 0. The molecule has 1 amide bonds. The lowest BCUT2D eigenvalue weighted by molar-refractivity contribution is 0.0702. The first-order chi connectivity index (χ1) is 13.6. The fourth-order valence-electron chi connectivity index (χ4n) is 3.15. The molecule has 3 rings (SSSR count). The van der Waals surface area contributed by atoms with Gasteiger partial charge in [-0.1, -0.05) is 13.8 Å². The largest absolute Gasteiger partial charge is 0.335 e. The highest BCUT2D eigenvalue weighted by Crippen LogP contribution is 2.24. The molecule has 158 valence electrons. The highest BCUT2D eigenvalue weighted by Gasteiger charge is 2.32. The molecule has 1 aromatic heterocycles. The van der Waals surface area contributed by atoms with Gasteiger partial charge in [0.2, 0.25) is 10.0 Å². The second-order valence-electron chi connectivity index (χ2n) is 7.39. The predicted molar refractivity (Wildman–Crippen MR) is 106 cm³/mol. The summed E-state index contributed by atoms with van der Waals surface area (Å²) in [6.45, 7) is 6.60. The van der Waals surface area contributed by atoms with E-state index in [0.717, 1.165) is 23.6 Å².